The van der Waals surface area contributed by atoms with Gasteiger partial charge in [-0.05, 0) is 45.5 Å². The number of carbonyl (C=O) groups excluding carboxylic acids is 1. The predicted octanol–water partition coefficient (Wildman–Crippen LogP) is 0.683. The van der Waals surface area contributed by atoms with Crippen LogP contribution in [0, 0.1) is 0 Å². The van der Waals surface area contributed by atoms with Crippen LogP contribution in [0.25, 0.3) is 0 Å². The highest BCUT2D eigenvalue weighted by Gasteiger charge is 2.40. The first-order valence-electron chi connectivity index (χ1n) is 6.81. The maximum Gasteiger partial charge on any atom is 0.267 e. The molecule has 1 aromatic rings. The lowest BCUT2D eigenvalue weighted by Crippen LogP contribution is -2.57. The number of hydrogen-bond acceptors (Lipinski definition) is 5. The Labute approximate surface area is 119 Å². The number of aromatic nitrogens is 1. The first-order chi connectivity index (χ1) is 9.35. The second kappa shape index (κ2) is 5.28. The molecule has 6 heteroatoms. The van der Waals surface area contributed by atoms with E-state index < -0.39 is 5.91 Å². The van der Waals surface area contributed by atoms with Gasteiger partial charge in [0.2, 0.25) is 0 Å². The lowest BCUT2D eigenvalue weighted by atomic mass is 9.75. The topological polar surface area (TPSA) is 88.5 Å². The van der Waals surface area contributed by atoms with Crippen molar-refractivity contribution >= 4 is 17.4 Å². The third-order valence-electron chi connectivity index (χ3n) is 4.28. The van der Waals surface area contributed by atoms with Gasteiger partial charge in [-0.3, -0.25) is 4.79 Å². The summed E-state index contributed by atoms with van der Waals surface area (Å²) in [5.41, 5.74) is 12.2. The number of rotatable bonds is 5. The summed E-state index contributed by atoms with van der Waals surface area (Å²) in [5.74, 6) is 0.0834. The molecule has 1 aliphatic carbocycles. The third kappa shape index (κ3) is 2.56. The molecule has 6 nitrogen and oxygen atoms in total. The zero-order chi connectivity index (χ0) is 14.9. The average molecular weight is 277 g/mol. The number of nitrogen functional groups attached to an aromatic ring is 1. The zero-order valence-corrected chi connectivity index (χ0v) is 12.4. The van der Waals surface area contributed by atoms with Gasteiger partial charge in [0.1, 0.15) is 5.69 Å². The molecule has 20 heavy (non-hydrogen) atoms. The molecule has 0 radical (unpaired) electrons. The molecule has 110 valence electrons. The molecule has 1 amide bonds. The van der Waals surface area contributed by atoms with Crippen molar-refractivity contribution in [2.24, 2.45) is 5.73 Å². The number of nitrogens with two attached hydrogens (primary N) is 2. The van der Waals surface area contributed by atoms with Crippen molar-refractivity contribution in [1.29, 1.82) is 0 Å². The summed E-state index contributed by atoms with van der Waals surface area (Å²) in [6.07, 6.45) is 3.58. The van der Waals surface area contributed by atoms with E-state index in [2.05, 4.69) is 24.0 Å². The first-order valence-corrected chi connectivity index (χ1v) is 6.81. The number of likely N-dealkylation sites (N-methyl/N-ethyl adjacent to an activating group) is 2. The summed E-state index contributed by atoms with van der Waals surface area (Å²) >= 11 is 0. The number of primary amides is 1. The van der Waals surface area contributed by atoms with Gasteiger partial charge in [-0.25, -0.2) is 4.98 Å². The number of nitrogens with zero attached hydrogens (tertiary/aromatic N) is 3. The second-order valence-electron chi connectivity index (χ2n) is 5.80. The van der Waals surface area contributed by atoms with Crippen LogP contribution >= 0.6 is 0 Å². The lowest BCUT2D eigenvalue weighted by Gasteiger charge is -2.49. The average Bonchev–Trinajstić information content (AvgIpc) is 2.33. The quantitative estimate of drug-likeness (QED) is 0.826. The van der Waals surface area contributed by atoms with Gasteiger partial charge < -0.3 is 21.3 Å². The summed E-state index contributed by atoms with van der Waals surface area (Å²) in [6.45, 7) is 0.833. The molecular formula is C14H23N5O. The Hall–Kier alpha value is -1.82. The maximum absolute atomic E-state index is 11.2. The predicted molar refractivity (Wildman–Crippen MR) is 80.7 cm³/mol. The van der Waals surface area contributed by atoms with Crippen LogP contribution in [0.4, 0.5) is 11.5 Å². The Morgan fingerprint density at radius 2 is 2.00 bits per heavy atom. The molecule has 0 spiro atoms. The van der Waals surface area contributed by atoms with E-state index in [0.29, 0.717) is 11.5 Å². The maximum atomic E-state index is 11.2. The van der Waals surface area contributed by atoms with Crippen LogP contribution in [0.3, 0.4) is 0 Å². The van der Waals surface area contributed by atoms with E-state index in [4.69, 9.17) is 11.5 Å². The Morgan fingerprint density at radius 1 is 1.35 bits per heavy atom. The van der Waals surface area contributed by atoms with E-state index in [-0.39, 0.29) is 11.2 Å². The summed E-state index contributed by atoms with van der Waals surface area (Å²) in [6, 6.07) is 3.24. The molecule has 0 atom stereocenters. The molecule has 1 saturated carbocycles. The van der Waals surface area contributed by atoms with Gasteiger partial charge in [-0.1, -0.05) is 0 Å². The van der Waals surface area contributed by atoms with Crippen LogP contribution in [0.15, 0.2) is 12.1 Å². The number of hydrogen-bond donors (Lipinski definition) is 2. The number of carbonyl (C=O) groups is 1. The first kappa shape index (κ1) is 14.6. The van der Waals surface area contributed by atoms with Crippen molar-refractivity contribution in [3.63, 3.8) is 0 Å². The van der Waals surface area contributed by atoms with Crippen LogP contribution in [0.5, 0.6) is 0 Å². The van der Waals surface area contributed by atoms with Gasteiger partial charge in [0, 0.05) is 19.1 Å². The van der Waals surface area contributed by atoms with E-state index in [1.54, 1.807) is 12.1 Å². The number of amides is 1. The molecule has 0 aromatic carbocycles. The van der Waals surface area contributed by atoms with Crippen LogP contribution in [-0.4, -0.2) is 49.0 Å². The second-order valence-corrected chi connectivity index (χ2v) is 5.80. The molecule has 1 aliphatic rings. The van der Waals surface area contributed by atoms with Crippen LogP contribution in [-0.2, 0) is 0 Å². The summed E-state index contributed by atoms with van der Waals surface area (Å²) in [7, 11) is 6.15. The van der Waals surface area contributed by atoms with Gasteiger partial charge >= 0.3 is 0 Å². The normalized spacial score (nSPS) is 16.8. The van der Waals surface area contributed by atoms with E-state index in [0.717, 1.165) is 6.54 Å². The van der Waals surface area contributed by atoms with Crippen LogP contribution in [0.2, 0.25) is 0 Å². The molecule has 2 rings (SSSR count). The lowest BCUT2D eigenvalue weighted by molar-refractivity contribution is 0.0682. The Balaban J connectivity index is 2.22. The monoisotopic (exact) mass is 277 g/mol. The fraction of sp³-hybridized carbons (Fsp3) is 0.571. The van der Waals surface area contributed by atoms with Crippen molar-refractivity contribution in [1.82, 2.24) is 9.88 Å². The molecule has 1 heterocycles. The van der Waals surface area contributed by atoms with Crippen molar-refractivity contribution in [2.45, 2.75) is 24.8 Å². The highest BCUT2D eigenvalue weighted by molar-refractivity contribution is 5.91. The minimum atomic E-state index is -0.536. The highest BCUT2D eigenvalue weighted by atomic mass is 16.1. The molecule has 0 unspecified atom stereocenters. The fourth-order valence-corrected chi connectivity index (χ4v) is 2.75. The van der Waals surface area contributed by atoms with Crippen molar-refractivity contribution in [3.8, 4) is 0 Å². The van der Waals surface area contributed by atoms with E-state index in [1.165, 1.54) is 19.3 Å². The zero-order valence-electron chi connectivity index (χ0n) is 12.4. The smallest absolute Gasteiger partial charge is 0.267 e. The molecule has 1 fully saturated rings. The van der Waals surface area contributed by atoms with Crippen LogP contribution < -0.4 is 16.4 Å². The Morgan fingerprint density at radius 3 is 2.45 bits per heavy atom. The summed E-state index contributed by atoms with van der Waals surface area (Å²) in [5, 5.41) is 0. The van der Waals surface area contributed by atoms with E-state index in [9.17, 15) is 4.79 Å². The molecule has 0 aliphatic heterocycles. The minimum Gasteiger partial charge on any atom is -0.396 e. The van der Waals surface area contributed by atoms with Gasteiger partial charge in [0.05, 0.1) is 5.69 Å². The Bertz CT molecular complexity index is 510. The molecule has 4 N–H and O–H groups in total. The fourth-order valence-electron chi connectivity index (χ4n) is 2.75. The van der Waals surface area contributed by atoms with Gasteiger partial charge in [-0.2, -0.15) is 0 Å². The third-order valence-corrected chi connectivity index (χ3v) is 4.28. The summed E-state index contributed by atoms with van der Waals surface area (Å²) < 4.78 is 0. The van der Waals surface area contributed by atoms with Gasteiger partial charge in [-0.15, -0.1) is 0 Å². The van der Waals surface area contributed by atoms with Crippen molar-refractivity contribution in [2.75, 3.05) is 38.3 Å². The molecular weight excluding hydrogens is 254 g/mol. The number of anilines is 2. The molecule has 0 bridgehead atoms. The minimum absolute atomic E-state index is 0.172. The van der Waals surface area contributed by atoms with Gasteiger partial charge in [0.25, 0.3) is 5.91 Å². The largest absolute Gasteiger partial charge is 0.396 e. The molecule has 1 aromatic heterocycles. The number of pyridine rings is 1. The standard InChI is InChI=1S/C14H23N5O/c1-18(2)14(7-4-8-14)9-19(3)13-10(15)5-6-11(17-13)12(16)20/h5-6H,4,7-9,15H2,1-3H3,(H2,16,20). The van der Waals surface area contributed by atoms with Crippen molar-refractivity contribution < 1.29 is 4.79 Å². The SMILES string of the molecule is CN(CC1(N(C)C)CCC1)c1nc(C(N)=O)ccc1N. The van der Waals surface area contributed by atoms with Crippen molar-refractivity contribution in [3.05, 3.63) is 17.8 Å². The van der Waals surface area contributed by atoms with E-state index in [1.807, 2.05) is 11.9 Å². The molecule has 0 saturated heterocycles. The highest BCUT2D eigenvalue weighted by Crippen LogP contribution is 2.37. The Kier molecular flexibility index (Phi) is 3.85. The van der Waals surface area contributed by atoms with Gasteiger partial charge in [0.15, 0.2) is 5.82 Å². The van der Waals surface area contributed by atoms with E-state index >= 15 is 0 Å². The van der Waals surface area contributed by atoms with Crippen LogP contribution in [0.1, 0.15) is 29.8 Å². The summed E-state index contributed by atoms with van der Waals surface area (Å²) in [4.78, 5) is 19.8.